The van der Waals surface area contributed by atoms with Gasteiger partial charge in [0.05, 0.1) is 12.1 Å². The highest BCUT2D eigenvalue weighted by molar-refractivity contribution is 6.07. The highest BCUT2D eigenvalue weighted by Gasteiger charge is 2.11. The first-order valence-electron chi connectivity index (χ1n) is 7.68. The van der Waals surface area contributed by atoms with Crippen LogP contribution in [-0.4, -0.2) is 23.5 Å². The number of hydrazine groups is 1. The molecule has 0 saturated carbocycles. The molecule has 4 N–H and O–H groups in total. The first-order chi connectivity index (χ1) is 12.2. The lowest BCUT2D eigenvalue weighted by Gasteiger charge is -2.06. The molecule has 3 amide bonds. The van der Waals surface area contributed by atoms with E-state index in [4.69, 9.17) is 0 Å². The number of para-hydroxylation sites is 1. The highest BCUT2D eigenvalue weighted by atomic mass is 16.2. The molecule has 0 saturated heterocycles. The van der Waals surface area contributed by atoms with Gasteiger partial charge in [-0.3, -0.25) is 10.2 Å². The Labute approximate surface area is 144 Å². The molecule has 1 aromatic heterocycles. The van der Waals surface area contributed by atoms with Gasteiger partial charge in [0.15, 0.2) is 0 Å². The fourth-order valence-corrected chi connectivity index (χ4v) is 2.28. The summed E-state index contributed by atoms with van der Waals surface area (Å²) in [5.74, 6) is 5.36. The van der Waals surface area contributed by atoms with Crippen LogP contribution >= 0.6 is 0 Å². The minimum Gasteiger partial charge on any atom is -0.360 e. The quantitative estimate of drug-likeness (QED) is 0.428. The molecule has 1 heterocycles. The van der Waals surface area contributed by atoms with E-state index in [9.17, 15) is 9.59 Å². The molecule has 0 unspecified atom stereocenters. The van der Waals surface area contributed by atoms with Gasteiger partial charge >= 0.3 is 6.03 Å². The molecule has 3 rings (SSSR count). The summed E-state index contributed by atoms with van der Waals surface area (Å²) in [4.78, 5) is 26.8. The maximum atomic E-state index is 12.1. The van der Waals surface area contributed by atoms with Crippen LogP contribution in [0, 0.1) is 11.8 Å². The van der Waals surface area contributed by atoms with E-state index in [1.165, 1.54) is 0 Å². The number of H-pyrrole nitrogens is 1. The van der Waals surface area contributed by atoms with E-state index in [1.807, 2.05) is 54.6 Å². The van der Waals surface area contributed by atoms with Crippen LogP contribution in [0.3, 0.4) is 0 Å². The second kappa shape index (κ2) is 7.70. The zero-order valence-electron chi connectivity index (χ0n) is 13.3. The molecule has 3 aromatic rings. The Balaban J connectivity index is 1.47. The molecule has 0 fully saturated rings. The summed E-state index contributed by atoms with van der Waals surface area (Å²) in [6.07, 6.45) is 1.60. The number of nitrogens with one attached hydrogen (secondary N) is 4. The van der Waals surface area contributed by atoms with Gasteiger partial charge in [-0.25, -0.2) is 10.2 Å². The number of aromatic nitrogens is 1. The molecule has 6 nitrogen and oxygen atoms in total. The van der Waals surface area contributed by atoms with Gasteiger partial charge in [0, 0.05) is 22.7 Å². The van der Waals surface area contributed by atoms with Crippen molar-refractivity contribution in [3.05, 3.63) is 71.9 Å². The zero-order valence-corrected chi connectivity index (χ0v) is 13.3. The number of hydrogen-bond acceptors (Lipinski definition) is 2. The zero-order chi connectivity index (χ0) is 17.5. The minimum atomic E-state index is -0.532. The molecule has 0 atom stereocenters. The van der Waals surface area contributed by atoms with E-state index in [0.717, 1.165) is 16.5 Å². The smallest absolute Gasteiger partial charge is 0.334 e. The standard InChI is InChI=1S/C19H16N4O2/c24-18(16-13-21-17-11-5-4-10-15(16)17)22-23-19(25)20-12-6-9-14-7-2-1-3-8-14/h1-5,7-8,10-11,13,21H,12H2,(H,22,24)(H2,20,23,25). The van der Waals surface area contributed by atoms with Crippen LogP contribution in [0.2, 0.25) is 0 Å². The monoisotopic (exact) mass is 332 g/mol. The lowest BCUT2D eigenvalue weighted by atomic mass is 10.2. The number of rotatable bonds is 2. The molecular weight excluding hydrogens is 316 g/mol. The van der Waals surface area contributed by atoms with Crippen LogP contribution in [0.5, 0.6) is 0 Å². The van der Waals surface area contributed by atoms with Crippen molar-refractivity contribution in [2.45, 2.75) is 0 Å². The average molecular weight is 332 g/mol. The van der Waals surface area contributed by atoms with Gasteiger partial charge < -0.3 is 10.3 Å². The lowest BCUT2D eigenvalue weighted by molar-refractivity contribution is 0.0938. The van der Waals surface area contributed by atoms with Gasteiger partial charge in [0.2, 0.25) is 0 Å². The van der Waals surface area contributed by atoms with E-state index >= 15 is 0 Å². The molecule has 25 heavy (non-hydrogen) atoms. The Hall–Kier alpha value is -3.72. The van der Waals surface area contributed by atoms with Crippen molar-refractivity contribution < 1.29 is 9.59 Å². The van der Waals surface area contributed by atoms with E-state index in [0.29, 0.717) is 5.56 Å². The summed E-state index contributed by atoms with van der Waals surface area (Å²) in [6.45, 7) is 0.170. The number of hydrogen-bond donors (Lipinski definition) is 4. The lowest BCUT2D eigenvalue weighted by Crippen LogP contribution is -2.47. The third-order valence-corrected chi connectivity index (χ3v) is 3.47. The number of carbonyl (C=O) groups is 2. The number of benzene rings is 2. The van der Waals surface area contributed by atoms with Crippen LogP contribution in [0.25, 0.3) is 10.9 Å². The second-order valence-electron chi connectivity index (χ2n) is 5.18. The summed E-state index contributed by atoms with van der Waals surface area (Å²) < 4.78 is 0. The molecule has 0 radical (unpaired) electrons. The molecule has 0 aliphatic rings. The van der Waals surface area contributed by atoms with E-state index < -0.39 is 11.9 Å². The number of carbonyl (C=O) groups excluding carboxylic acids is 2. The summed E-state index contributed by atoms with van der Waals surface area (Å²) >= 11 is 0. The molecule has 6 heteroatoms. The first-order valence-corrected chi connectivity index (χ1v) is 7.68. The predicted molar refractivity (Wildman–Crippen MR) is 95.6 cm³/mol. The van der Waals surface area contributed by atoms with E-state index in [1.54, 1.807) is 6.20 Å². The Kier molecular flexibility index (Phi) is 4.98. The topological polar surface area (TPSA) is 86.0 Å². The summed E-state index contributed by atoms with van der Waals surface area (Å²) in [6, 6.07) is 16.4. The van der Waals surface area contributed by atoms with Crippen molar-refractivity contribution in [2.75, 3.05) is 6.54 Å². The third kappa shape index (κ3) is 4.18. The SMILES string of the molecule is O=C(NCC#Cc1ccccc1)NNC(=O)c1c[nH]c2ccccc12. The third-order valence-electron chi connectivity index (χ3n) is 3.47. The van der Waals surface area contributed by atoms with E-state index in [2.05, 4.69) is 33.0 Å². The number of amides is 3. The fraction of sp³-hybridized carbons (Fsp3) is 0.0526. The summed E-state index contributed by atoms with van der Waals surface area (Å²) in [5, 5.41) is 3.33. The number of aromatic amines is 1. The van der Waals surface area contributed by atoms with Crippen molar-refractivity contribution in [1.29, 1.82) is 0 Å². The molecule has 0 bridgehead atoms. The molecular formula is C19H16N4O2. The average Bonchev–Trinajstić information content (AvgIpc) is 3.08. The van der Waals surface area contributed by atoms with Crippen molar-refractivity contribution in [3.8, 4) is 11.8 Å². The van der Waals surface area contributed by atoms with E-state index in [-0.39, 0.29) is 6.54 Å². The van der Waals surface area contributed by atoms with Crippen molar-refractivity contribution in [2.24, 2.45) is 0 Å². The van der Waals surface area contributed by atoms with Crippen molar-refractivity contribution >= 4 is 22.8 Å². The molecule has 124 valence electrons. The number of urea groups is 1. The van der Waals surface area contributed by atoms with Gasteiger partial charge in [0.1, 0.15) is 0 Å². The van der Waals surface area contributed by atoms with Crippen LogP contribution < -0.4 is 16.2 Å². The van der Waals surface area contributed by atoms with Crippen molar-refractivity contribution in [3.63, 3.8) is 0 Å². The van der Waals surface area contributed by atoms with Crippen LogP contribution in [0.4, 0.5) is 4.79 Å². The van der Waals surface area contributed by atoms with Crippen LogP contribution in [-0.2, 0) is 0 Å². The maximum Gasteiger partial charge on any atom is 0.334 e. The second-order valence-corrected chi connectivity index (χ2v) is 5.18. The Bertz CT molecular complexity index is 951. The molecule has 2 aromatic carbocycles. The normalized spacial score (nSPS) is 9.76. The Morgan fingerprint density at radius 1 is 0.960 bits per heavy atom. The van der Waals surface area contributed by atoms with Crippen molar-refractivity contribution in [1.82, 2.24) is 21.2 Å². The maximum absolute atomic E-state index is 12.1. The molecule has 0 spiro atoms. The minimum absolute atomic E-state index is 0.170. The first kappa shape index (κ1) is 16.1. The molecule has 0 aliphatic carbocycles. The van der Waals surface area contributed by atoms with Gasteiger partial charge in [-0.2, -0.15) is 0 Å². The van der Waals surface area contributed by atoms with Crippen LogP contribution in [0.1, 0.15) is 15.9 Å². The predicted octanol–water partition coefficient (Wildman–Crippen LogP) is 2.16. The highest BCUT2D eigenvalue weighted by Crippen LogP contribution is 2.16. The Morgan fingerprint density at radius 3 is 2.56 bits per heavy atom. The van der Waals surface area contributed by atoms with Gasteiger partial charge in [-0.1, -0.05) is 48.2 Å². The number of fused-ring (bicyclic) bond motifs is 1. The molecule has 0 aliphatic heterocycles. The van der Waals surface area contributed by atoms with Crippen LogP contribution in [0.15, 0.2) is 60.8 Å². The van der Waals surface area contributed by atoms with Gasteiger partial charge in [0.25, 0.3) is 5.91 Å². The largest absolute Gasteiger partial charge is 0.360 e. The summed E-state index contributed by atoms with van der Waals surface area (Å²) in [5.41, 5.74) is 6.85. The van der Waals surface area contributed by atoms with Gasteiger partial charge in [-0.15, -0.1) is 0 Å². The summed E-state index contributed by atoms with van der Waals surface area (Å²) in [7, 11) is 0. The van der Waals surface area contributed by atoms with Gasteiger partial charge in [-0.05, 0) is 18.2 Å². The Morgan fingerprint density at radius 2 is 1.72 bits per heavy atom. The fourth-order valence-electron chi connectivity index (χ4n) is 2.28.